The lowest BCUT2D eigenvalue weighted by Gasteiger charge is -2.02. The molecular weight excluding hydrogens is 254 g/mol. The van der Waals surface area contributed by atoms with Gasteiger partial charge in [0.25, 0.3) is 0 Å². The van der Waals surface area contributed by atoms with Crippen molar-refractivity contribution >= 4 is 5.97 Å². The van der Waals surface area contributed by atoms with Crippen molar-refractivity contribution in [2.45, 2.75) is 71.8 Å². The molecule has 5 nitrogen and oxygen atoms in total. The van der Waals surface area contributed by atoms with E-state index in [1.54, 1.807) is 0 Å². The number of carbonyl (C=O) groups is 1. The van der Waals surface area contributed by atoms with Gasteiger partial charge in [-0.15, -0.1) is 5.10 Å². The second-order valence-electron chi connectivity index (χ2n) is 5.05. The summed E-state index contributed by atoms with van der Waals surface area (Å²) in [6, 6.07) is 0. The third-order valence-electron chi connectivity index (χ3n) is 3.20. The van der Waals surface area contributed by atoms with Crippen LogP contribution < -0.4 is 0 Å². The van der Waals surface area contributed by atoms with Gasteiger partial charge in [0.05, 0.1) is 12.3 Å². The van der Waals surface area contributed by atoms with Gasteiger partial charge in [-0.25, -0.2) is 0 Å². The highest BCUT2D eigenvalue weighted by Gasteiger charge is 2.02. The van der Waals surface area contributed by atoms with Crippen molar-refractivity contribution in [2.24, 2.45) is 0 Å². The molecule has 0 saturated heterocycles. The number of nitrogens with zero attached hydrogens (tertiary/aromatic N) is 3. The van der Waals surface area contributed by atoms with Gasteiger partial charge in [-0.2, -0.15) is 0 Å². The minimum absolute atomic E-state index is 0.0912. The molecule has 1 aromatic heterocycles. The average Bonchev–Trinajstić information content (AvgIpc) is 2.87. The van der Waals surface area contributed by atoms with Crippen LogP contribution in [0.1, 0.15) is 64.5 Å². The smallest absolute Gasteiger partial charge is 0.305 e. The van der Waals surface area contributed by atoms with E-state index in [1.165, 1.54) is 19.3 Å². The molecule has 0 fully saturated rings. The van der Waals surface area contributed by atoms with Crippen LogP contribution in [0.25, 0.3) is 0 Å². The Balaban J connectivity index is 2.08. The van der Waals surface area contributed by atoms with Crippen molar-refractivity contribution in [2.75, 3.05) is 6.61 Å². The molecule has 0 aromatic carbocycles. The largest absolute Gasteiger partial charge is 0.466 e. The van der Waals surface area contributed by atoms with Gasteiger partial charge in [-0.05, 0) is 32.6 Å². The summed E-state index contributed by atoms with van der Waals surface area (Å²) in [4.78, 5) is 11.2. The normalized spacial score (nSPS) is 10.7. The summed E-state index contributed by atoms with van der Waals surface area (Å²) < 4.78 is 6.80. The van der Waals surface area contributed by atoms with Gasteiger partial charge < -0.3 is 4.74 Å². The van der Waals surface area contributed by atoms with Crippen LogP contribution in [-0.2, 0) is 22.5 Å². The topological polar surface area (TPSA) is 57.0 Å². The fraction of sp³-hybridized carbons (Fsp3) is 0.800. The molecule has 0 aliphatic heterocycles. The van der Waals surface area contributed by atoms with Crippen molar-refractivity contribution in [3.63, 3.8) is 0 Å². The SMILES string of the molecule is CCCCCc1cn(CCCCCC(=O)OCC)nn1. The van der Waals surface area contributed by atoms with Crippen LogP contribution in [0.2, 0.25) is 0 Å². The highest BCUT2D eigenvalue weighted by molar-refractivity contribution is 5.69. The molecule has 0 bridgehead atoms. The Kier molecular flexibility index (Phi) is 8.67. The van der Waals surface area contributed by atoms with Gasteiger partial charge in [0, 0.05) is 19.2 Å². The van der Waals surface area contributed by atoms with E-state index in [0.29, 0.717) is 13.0 Å². The predicted octanol–water partition coefficient (Wildman–Crippen LogP) is 3.13. The van der Waals surface area contributed by atoms with Gasteiger partial charge in [-0.1, -0.05) is 31.4 Å². The molecule has 0 saturated carbocycles. The number of hydrogen-bond donors (Lipinski definition) is 0. The molecule has 20 heavy (non-hydrogen) atoms. The molecule has 0 atom stereocenters. The van der Waals surface area contributed by atoms with E-state index in [0.717, 1.165) is 37.9 Å². The fourth-order valence-corrected chi connectivity index (χ4v) is 2.07. The van der Waals surface area contributed by atoms with Crippen molar-refractivity contribution in [3.8, 4) is 0 Å². The van der Waals surface area contributed by atoms with Crippen LogP contribution in [0.15, 0.2) is 6.20 Å². The van der Waals surface area contributed by atoms with Gasteiger partial charge >= 0.3 is 5.97 Å². The Bertz CT molecular complexity index is 377. The van der Waals surface area contributed by atoms with Gasteiger partial charge in [0.2, 0.25) is 0 Å². The zero-order valence-electron chi connectivity index (χ0n) is 12.8. The Morgan fingerprint density at radius 3 is 2.80 bits per heavy atom. The molecule has 1 rings (SSSR count). The number of hydrogen-bond acceptors (Lipinski definition) is 4. The molecule has 0 amide bonds. The van der Waals surface area contributed by atoms with E-state index >= 15 is 0 Å². The number of ether oxygens (including phenoxy) is 1. The Morgan fingerprint density at radius 2 is 2.05 bits per heavy atom. The third-order valence-corrected chi connectivity index (χ3v) is 3.20. The summed E-state index contributed by atoms with van der Waals surface area (Å²) in [6.07, 6.45) is 10.2. The van der Waals surface area contributed by atoms with Crippen LogP contribution in [0.5, 0.6) is 0 Å². The molecule has 0 unspecified atom stereocenters. The predicted molar refractivity (Wildman–Crippen MR) is 78.4 cm³/mol. The second kappa shape index (κ2) is 10.4. The first-order valence-corrected chi connectivity index (χ1v) is 7.80. The number of carbonyl (C=O) groups excluding carboxylic acids is 1. The first-order valence-electron chi connectivity index (χ1n) is 7.80. The van der Waals surface area contributed by atoms with Gasteiger partial charge in [0.1, 0.15) is 0 Å². The Morgan fingerprint density at radius 1 is 1.20 bits per heavy atom. The number of esters is 1. The number of aromatic nitrogens is 3. The van der Waals surface area contributed by atoms with E-state index in [4.69, 9.17) is 4.74 Å². The van der Waals surface area contributed by atoms with Gasteiger partial charge in [-0.3, -0.25) is 9.48 Å². The van der Waals surface area contributed by atoms with Crippen molar-refractivity contribution in [1.82, 2.24) is 15.0 Å². The van der Waals surface area contributed by atoms with Crippen LogP contribution in [0.3, 0.4) is 0 Å². The molecule has 0 aliphatic rings. The summed E-state index contributed by atoms with van der Waals surface area (Å²) in [7, 11) is 0. The third kappa shape index (κ3) is 7.26. The number of rotatable bonds is 11. The molecule has 114 valence electrons. The minimum atomic E-state index is -0.0912. The first-order chi connectivity index (χ1) is 9.76. The summed E-state index contributed by atoms with van der Waals surface area (Å²) in [5.41, 5.74) is 1.09. The molecule has 0 spiro atoms. The summed E-state index contributed by atoms with van der Waals surface area (Å²) in [5.74, 6) is -0.0912. The summed E-state index contributed by atoms with van der Waals surface area (Å²) >= 11 is 0. The maximum absolute atomic E-state index is 11.2. The van der Waals surface area contributed by atoms with Crippen LogP contribution in [0.4, 0.5) is 0 Å². The molecule has 5 heteroatoms. The molecule has 1 aromatic rings. The number of aryl methyl sites for hydroxylation is 2. The maximum Gasteiger partial charge on any atom is 0.305 e. The molecule has 0 radical (unpaired) electrons. The lowest BCUT2D eigenvalue weighted by Crippen LogP contribution is -2.04. The molecule has 0 aliphatic carbocycles. The fourth-order valence-electron chi connectivity index (χ4n) is 2.07. The zero-order chi connectivity index (χ0) is 14.6. The van der Waals surface area contributed by atoms with Crippen LogP contribution in [-0.4, -0.2) is 27.6 Å². The summed E-state index contributed by atoms with van der Waals surface area (Å²) in [5, 5.41) is 8.31. The van der Waals surface area contributed by atoms with E-state index < -0.39 is 0 Å². The lowest BCUT2D eigenvalue weighted by atomic mass is 10.2. The Hall–Kier alpha value is -1.39. The van der Waals surface area contributed by atoms with E-state index in [9.17, 15) is 4.79 Å². The van der Waals surface area contributed by atoms with E-state index in [1.807, 2.05) is 17.8 Å². The van der Waals surface area contributed by atoms with Crippen LogP contribution >= 0.6 is 0 Å². The minimum Gasteiger partial charge on any atom is -0.466 e. The van der Waals surface area contributed by atoms with Gasteiger partial charge in [0.15, 0.2) is 0 Å². The highest BCUT2D eigenvalue weighted by Crippen LogP contribution is 2.06. The molecule has 0 N–H and O–H groups in total. The van der Waals surface area contributed by atoms with Crippen molar-refractivity contribution in [3.05, 3.63) is 11.9 Å². The Labute approximate surface area is 121 Å². The maximum atomic E-state index is 11.2. The van der Waals surface area contributed by atoms with E-state index in [2.05, 4.69) is 17.2 Å². The van der Waals surface area contributed by atoms with Crippen molar-refractivity contribution in [1.29, 1.82) is 0 Å². The monoisotopic (exact) mass is 281 g/mol. The second-order valence-corrected chi connectivity index (χ2v) is 5.05. The number of unbranched alkanes of at least 4 members (excludes halogenated alkanes) is 4. The molecular formula is C15H27N3O2. The average molecular weight is 281 g/mol. The summed E-state index contributed by atoms with van der Waals surface area (Å²) in [6.45, 7) is 5.38. The molecule has 1 heterocycles. The quantitative estimate of drug-likeness (QED) is 0.462. The highest BCUT2D eigenvalue weighted by atomic mass is 16.5. The lowest BCUT2D eigenvalue weighted by molar-refractivity contribution is -0.143. The van der Waals surface area contributed by atoms with Crippen molar-refractivity contribution < 1.29 is 9.53 Å². The van der Waals surface area contributed by atoms with E-state index in [-0.39, 0.29) is 5.97 Å². The first kappa shape index (κ1) is 16.7. The van der Waals surface area contributed by atoms with Crippen LogP contribution in [0, 0.1) is 0 Å². The zero-order valence-corrected chi connectivity index (χ0v) is 12.8. The standard InChI is InChI=1S/C15H27N3O2/c1-3-5-7-10-14-13-18(17-16-14)12-9-6-8-11-15(19)20-4-2/h13H,3-12H2,1-2H3.